The van der Waals surface area contributed by atoms with Crippen LogP contribution in [-0.4, -0.2) is 32.6 Å². The third kappa shape index (κ3) is 2.19. The fraction of sp³-hybridized carbons (Fsp3) is 0.375. The highest BCUT2D eigenvalue weighted by atomic mass is 16.5. The number of para-hydroxylation sites is 1. The molecule has 1 aliphatic carbocycles. The van der Waals surface area contributed by atoms with E-state index in [-0.39, 0.29) is 11.8 Å². The Balaban J connectivity index is 1.91. The molecule has 0 unspecified atom stereocenters. The number of carbonyl (C=O) groups is 1. The molecule has 7 nitrogen and oxygen atoms in total. The van der Waals surface area contributed by atoms with E-state index in [2.05, 4.69) is 20.8 Å². The van der Waals surface area contributed by atoms with Gasteiger partial charge in [0.2, 0.25) is 5.95 Å². The van der Waals surface area contributed by atoms with Crippen molar-refractivity contribution in [2.75, 3.05) is 11.9 Å². The Labute approximate surface area is 133 Å². The molecular formula is C16H17N5O2. The van der Waals surface area contributed by atoms with E-state index in [9.17, 15) is 4.79 Å². The summed E-state index contributed by atoms with van der Waals surface area (Å²) < 4.78 is 7.43. The fourth-order valence-corrected chi connectivity index (χ4v) is 3.30. The molecule has 0 fully saturated rings. The zero-order chi connectivity index (χ0) is 15.8. The number of allylic oxidation sites excluding steroid dienone is 2. The molecule has 4 rings (SSSR count). The third-order valence-electron chi connectivity index (χ3n) is 4.24. The minimum atomic E-state index is -0.341. The zero-order valence-corrected chi connectivity index (χ0v) is 12.8. The molecule has 0 amide bonds. The number of Topliss-reactive ketones (excluding diaryl/α,β-unsaturated/α-hetero) is 1. The molecule has 2 heterocycles. The van der Waals surface area contributed by atoms with Crippen LogP contribution in [0.15, 0.2) is 35.5 Å². The monoisotopic (exact) mass is 311 g/mol. The summed E-state index contributed by atoms with van der Waals surface area (Å²) in [7, 11) is 0. The van der Waals surface area contributed by atoms with Gasteiger partial charge in [-0.1, -0.05) is 23.3 Å². The van der Waals surface area contributed by atoms with Crippen molar-refractivity contribution in [2.24, 2.45) is 0 Å². The molecule has 2 aliphatic rings. The van der Waals surface area contributed by atoms with Gasteiger partial charge in [0.1, 0.15) is 11.8 Å². The van der Waals surface area contributed by atoms with Crippen molar-refractivity contribution in [3.8, 4) is 5.75 Å². The molecule has 0 radical (unpaired) electrons. The van der Waals surface area contributed by atoms with Crippen LogP contribution in [0.2, 0.25) is 0 Å². The number of fused-ring (bicyclic) bond motifs is 1. The summed E-state index contributed by atoms with van der Waals surface area (Å²) in [6.07, 6.45) is 2.25. The quantitative estimate of drug-likeness (QED) is 0.934. The second-order valence-corrected chi connectivity index (χ2v) is 5.61. The maximum absolute atomic E-state index is 12.6. The summed E-state index contributed by atoms with van der Waals surface area (Å²) in [6.45, 7) is 2.50. The fourth-order valence-electron chi connectivity index (χ4n) is 3.30. The molecule has 1 N–H and O–H groups in total. The van der Waals surface area contributed by atoms with Gasteiger partial charge in [-0.05, 0) is 36.3 Å². The minimum Gasteiger partial charge on any atom is -0.494 e. The highest BCUT2D eigenvalue weighted by Gasteiger charge is 2.37. The maximum Gasteiger partial charge on any atom is 0.248 e. The second-order valence-electron chi connectivity index (χ2n) is 5.61. The Morgan fingerprint density at radius 1 is 1.35 bits per heavy atom. The maximum atomic E-state index is 12.6. The predicted octanol–water partition coefficient (Wildman–Crippen LogP) is 2.09. The number of ketones is 1. The summed E-state index contributed by atoms with van der Waals surface area (Å²) >= 11 is 0. The molecule has 0 saturated heterocycles. The van der Waals surface area contributed by atoms with Gasteiger partial charge in [-0.25, -0.2) is 0 Å². The highest BCUT2D eigenvalue weighted by Crippen LogP contribution is 2.41. The number of nitrogens with one attached hydrogen (secondary N) is 1. The van der Waals surface area contributed by atoms with Crippen molar-refractivity contribution in [1.82, 2.24) is 20.2 Å². The SMILES string of the molecule is CCOc1ccccc1[C@@H]1C2=C(CCCC2=O)Nc2nnnn21. The molecule has 1 aromatic carbocycles. The van der Waals surface area contributed by atoms with E-state index in [1.807, 2.05) is 31.2 Å². The van der Waals surface area contributed by atoms with E-state index in [1.165, 1.54) is 0 Å². The van der Waals surface area contributed by atoms with E-state index < -0.39 is 0 Å². The van der Waals surface area contributed by atoms with Crippen molar-refractivity contribution in [3.05, 3.63) is 41.1 Å². The lowest BCUT2D eigenvalue weighted by Gasteiger charge is -2.32. The molecule has 7 heteroatoms. The standard InChI is InChI=1S/C16H17N5O2/c1-2-23-13-9-4-3-6-10(13)15-14-11(7-5-8-12(14)22)17-16-18-19-20-21(15)16/h3-4,6,9,15H,2,5,7-8H2,1H3,(H,17,18,20)/t15-/m1/s1. The first-order valence-electron chi connectivity index (χ1n) is 7.82. The Hall–Kier alpha value is -2.70. The lowest BCUT2D eigenvalue weighted by molar-refractivity contribution is -0.116. The predicted molar refractivity (Wildman–Crippen MR) is 83.1 cm³/mol. The largest absolute Gasteiger partial charge is 0.494 e. The Morgan fingerprint density at radius 3 is 3.09 bits per heavy atom. The molecular weight excluding hydrogens is 294 g/mol. The van der Waals surface area contributed by atoms with Crippen LogP contribution in [0.4, 0.5) is 5.95 Å². The average Bonchev–Trinajstić information content (AvgIpc) is 3.02. The lowest BCUT2D eigenvalue weighted by atomic mass is 9.85. The summed E-state index contributed by atoms with van der Waals surface area (Å²) in [4.78, 5) is 12.6. The molecule has 1 atom stereocenters. The number of nitrogens with zero attached hydrogens (tertiary/aromatic N) is 4. The number of tetrazole rings is 1. The van der Waals surface area contributed by atoms with Crippen LogP contribution in [0, 0.1) is 0 Å². The summed E-state index contributed by atoms with van der Waals surface area (Å²) in [5.74, 6) is 1.47. The number of hydrogen-bond donors (Lipinski definition) is 1. The number of ether oxygens (including phenoxy) is 1. The van der Waals surface area contributed by atoms with Gasteiger partial charge in [-0.15, -0.1) is 0 Å². The van der Waals surface area contributed by atoms with Crippen LogP contribution in [0.25, 0.3) is 0 Å². The van der Waals surface area contributed by atoms with Crippen molar-refractivity contribution in [1.29, 1.82) is 0 Å². The number of hydrogen-bond acceptors (Lipinski definition) is 6. The molecule has 0 spiro atoms. The van der Waals surface area contributed by atoms with Crippen molar-refractivity contribution < 1.29 is 9.53 Å². The molecule has 23 heavy (non-hydrogen) atoms. The first-order chi connectivity index (χ1) is 11.3. The van der Waals surface area contributed by atoms with Gasteiger partial charge in [0.05, 0.1) is 6.61 Å². The van der Waals surface area contributed by atoms with E-state index in [1.54, 1.807) is 4.68 Å². The van der Waals surface area contributed by atoms with Crippen molar-refractivity contribution in [3.63, 3.8) is 0 Å². The van der Waals surface area contributed by atoms with Gasteiger partial charge in [-0.2, -0.15) is 4.68 Å². The lowest BCUT2D eigenvalue weighted by Crippen LogP contribution is -2.31. The van der Waals surface area contributed by atoms with Crippen LogP contribution in [-0.2, 0) is 4.79 Å². The summed E-state index contributed by atoms with van der Waals surface area (Å²) in [5.41, 5.74) is 2.59. The Kier molecular flexibility index (Phi) is 3.33. The van der Waals surface area contributed by atoms with Crippen LogP contribution in [0.3, 0.4) is 0 Å². The van der Waals surface area contributed by atoms with E-state index in [0.29, 0.717) is 19.0 Å². The number of rotatable bonds is 3. The number of anilines is 1. The summed E-state index contributed by atoms with van der Waals surface area (Å²) in [5, 5.41) is 15.1. The molecule has 0 bridgehead atoms. The number of benzene rings is 1. The normalized spacial score (nSPS) is 19.9. The van der Waals surface area contributed by atoms with Gasteiger partial charge in [0.25, 0.3) is 0 Å². The van der Waals surface area contributed by atoms with Gasteiger partial charge >= 0.3 is 0 Å². The first kappa shape index (κ1) is 13.9. The molecule has 1 aliphatic heterocycles. The number of aromatic nitrogens is 4. The minimum absolute atomic E-state index is 0.149. The van der Waals surface area contributed by atoms with E-state index >= 15 is 0 Å². The van der Waals surface area contributed by atoms with Crippen LogP contribution < -0.4 is 10.1 Å². The van der Waals surface area contributed by atoms with Gasteiger partial charge in [0, 0.05) is 23.3 Å². The first-order valence-corrected chi connectivity index (χ1v) is 7.82. The van der Waals surface area contributed by atoms with Crippen LogP contribution >= 0.6 is 0 Å². The van der Waals surface area contributed by atoms with Crippen LogP contribution in [0.5, 0.6) is 5.75 Å². The molecule has 0 saturated carbocycles. The van der Waals surface area contributed by atoms with Crippen molar-refractivity contribution >= 4 is 11.7 Å². The Bertz CT molecular complexity index is 795. The van der Waals surface area contributed by atoms with Gasteiger partial charge in [0.15, 0.2) is 5.78 Å². The van der Waals surface area contributed by atoms with Crippen LogP contribution in [0.1, 0.15) is 37.8 Å². The zero-order valence-electron chi connectivity index (χ0n) is 12.8. The third-order valence-corrected chi connectivity index (χ3v) is 4.24. The second kappa shape index (κ2) is 5.49. The summed E-state index contributed by atoms with van der Waals surface area (Å²) in [6, 6.07) is 7.41. The Morgan fingerprint density at radius 2 is 2.22 bits per heavy atom. The highest BCUT2D eigenvalue weighted by molar-refractivity contribution is 5.99. The topological polar surface area (TPSA) is 81.9 Å². The van der Waals surface area contributed by atoms with Gasteiger partial charge < -0.3 is 10.1 Å². The van der Waals surface area contributed by atoms with Gasteiger partial charge in [-0.3, -0.25) is 4.79 Å². The van der Waals surface area contributed by atoms with E-state index in [4.69, 9.17) is 4.74 Å². The van der Waals surface area contributed by atoms with E-state index in [0.717, 1.165) is 35.4 Å². The molecule has 2 aromatic rings. The molecule has 1 aromatic heterocycles. The average molecular weight is 311 g/mol. The number of carbonyl (C=O) groups excluding carboxylic acids is 1. The smallest absolute Gasteiger partial charge is 0.248 e. The molecule has 118 valence electrons. The van der Waals surface area contributed by atoms with Crippen molar-refractivity contribution in [2.45, 2.75) is 32.2 Å².